The lowest BCUT2D eigenvalue weighted by Crippen LogP contribution is -2.35. The maximum Gasteiger partial charge on any atom is 0.392 e. The molecular formula is C21H23F3N2O2. The molecule has 0 fully saturated rings. The van der Waals surface area contributed by atoms with Crippen LogP contribution in [0.1, 0.15) is 42.1 Å². The number of para-hydroxylation sites is 1. The molecule has 0 aliphatic heterocycles. The van der Waals surface area contributed by atoms with Gasteiger partial charge in [0.1, 0.15) is 0 Å². The average molecular weight is 392 g/mol. The summed E-state index contributed by atoms with van der Waals surface area (Å²) < 4.78 is 43.7. The lowest BCUT2D eigenvalue weighted by Gasteiger charge is -2.24. The molecule has 0 saturated carbocycles. The van der Waals surface area contributed by atoms with Crippen molar-refractivity contribution < 1.29 is 22.7 Å². The molecule has 7 heteroatoms. The average Bonchev–Trinajstić information content (AvgIpc) is 2.66. The van der Waals surface area contributed by atoms with E-state index in [0.29, 0.717) is 24.1 Å². The summed E-state index contributed by atoms with van der Waals surface area (Å²) >= 11 is 0. The third-order valence-electron chi connectivity index (χ3n) is 4.99. The van der Waals surface area contributed by atoms with Crippen LogP contribution in [0.4, 0.5) is 13.2 Å². The van der Waals surface area contributed by atoms with Crippen LogP contribution in [0.5, 0.6) is 0 Å². The number of methoxy groups -OCH3 is 1. The SMILES string of the molecule is COC[C@@H](C)NC(=O)c1cnc2c(C3=CCC(C(F)(F)F)CC3)cccc2c1. The van der Waals surface area contributed by atoms with E-state index >= 15 is 0 Å². The van der Waals surface area contributed by atoms with Gasteiger partial charge in [0.2, 0.25) is 0 Å². The fraction of sp³-hybridized carbons (Fsp3) is 0.429. The molecule has 2 aromatic rings. The molecular weight excluding hydrogens is 369 g/mol. The molecule has 1 N–H and O–H groups in total. The number of rotatable bonds is 5. The van der Waals surface area contributed by atoms with Crippen LogP contribution in [-0.2, 0) is 4.74 Å². The Bertz CT molecular complexity index is 893. The predicted octanol–water partition coefficient (Wildman–Crippen LogP) is 4.75. The van der Waals surface area contributed by atoms with Gasteiger partial charge in [-0.1, -0.05) is 24.3 Å². The summed E-state index contributed by atoms with van der Waals surface area (Å²) in [5, 5.41) is 3.62. The van der Waals surface area contributed by atoms with Crippen molar-refractivity contribution in [2.75, 3.05) is 13.7 Å². The maximum absolute atomic E-state index is 12.9. The number of aromatic nitrogens is 1. The van der Waals surface area contributed by atoms with Crippen LogP contribution in [0.15, 0.2) is 36.5 Å². The Morgan fingerprint density at radius 3 is 2.82 bits per heavy atom. The third kappa shape index (κ3) is 4.52. The maximum atomic E-state index is 12.9. The first-order chi connectivity index (χ1) is 13.3. The lowest BCUT2D eigenvalue weighted by molar-refractivity contribution is -0.175. The van der Waals surface area contributed by atoms with Crippen LogP contribution < -0.4 is 5.32 Å². The van der Waals surface area contributed by atoms with Crippen molar-refractivity contribution in [2.45, 2.75) is 38.4 Å². The minimum Gasteiger partial charge on any atom is -0.383 e. The van der Waals surface area contributed by atoms with Crippen molar-refractivity contribution in [2.24, 2.45) is 5.92 Å². The quantitative estimate of drug-likeness (QED) is 0.799. The number of hydrogen-bond acceptors (Lipinski definition) is 3. The van der Waals surface area contributed by atoms with E-state index < -0.39 is 12.1 Å². The second-order valence-electron chi connectivity index (χ2n) is 7.17. The van der Waals surface area contributed by atoms with Crippen molar-refractivity contribution in [1.82, 2.24) is 10.3 Å². The Labute approximate surface area is 161 Å². The molecule has 1 aliphatic carbocycles. The van der Waals surface area contributed by atoms with E-state index in [1.165, 1.54) is 6.20 Å². The molecule has 1 heterocycles. The molecule has 4 nitrogen and oxygen atoms in total. The predicted molar refractivity (Wildman–Crippen MR) is 102 cm³/mol. The second kappa shape index (κ2) is 8.31. The van der Waals surface area contributed by atoms with Gasteiger partial charge in [-0.15, -0.1) is 0 Å². The monoisotopic (exact) mass is 392 g/mol. The summed E-state index contributed by atoms with van der Waals surface area (Å²) in [6.45, 7) is 2.25. The molecule has 1 aliphatic rings. The highest BCUT2D eigenvalue weighted by Crippen LogP contribution is 2.40. The summed E-state index contributed by atoms with van der Waals surface area (Å²) in [7, 11) is 1.57. The van der Waals surface area contributed by atoms with Crippen LogP contribution in [-0.4, -0.2) is 36.8 Å². The van der Waals surface area contributed by atoms with Crippen LogP contribution >= 0.6 is 0 Å². The smallest absolute Gasteiger partial charge is 0.383 e. The number of halogens is 3. The van der Waals surface area contributed by atoms with Crippen LogP contribution in [0.2, 0.25) is 0 Å². The van der Waals surface area contributed by atoms with E-state index in [1.54, 1.807) is 19.3 Å². The van der Waals surface area contributed by atoms with Gasteiger partial charge in [0.05, 0.1) is 23.6 Å². The number of hydrogen-bond donors (Lipinski definition) is 1. The normalized spacial score (nSPS) is 18.6. The Balaban J connectivity index is 1.85. The molecule has 0 saturated heterocycles. The zero-order valence-corrected chi connectivity index (χ0v) is 15.8. The van der Waals surface area contributed by atoms with Gasteiger partial charge in [0.15, 0.2) is 0 Å². The summed E-state index contributed by atoms with van der Waals surface area (Å²) in [6, 6.07) is 7.18. The van der Waals surface area contributed by atoms with Crippen LogP contribution in [0.25, 0.3) is 16.5 Å². The number of nitrogens with one attached hydrogen (secondary N) is 1. The van der Waals surface area contributed by atoms with Gasteiger partial charge in [-0.2, -0.15) is 13.2 Å². The number of nitrogens with zero attached hydrogens (tertiary/aromatic N) is 1. The number of pyridine rings is 1. The molecule has 150 valence electrons. The topological polar surface area (TPSA) is 51.2 Å². The van der Waals surface area contributed by atoms with Gasteiger partial charge in [0, 0.05) is 30.3 Å². The molecule has 1 aromatic heterocycles. The van der Waals surface area contributed by atoms with Crippen molar-refractivity contribution >= 4 is 22.4 Å². The minimum absolute atomic E-state index is 0.00685. The van der Waals surface area contributed by atoms with E-state index in [0.717, 1.165) is 16.5 Å². The number of alkyl halides is 3. The fourth-order valence-corrected chi connectivity index (χ4v) is 3.52. The number of ether oxygens (including phenoxy) is 1. The molecule has 1 unspecified atom stereocenters. The summed E-state index contributed by atoms with van der Waals surface area (Å²) in [5.74, 6) is -1.52. The zero-order valence-electron chi connectivity index (χ0n) is 15.8. The van der Waals surface area contributed by atoms with Crippen molar-refractivity contribution in [3.63, 3.8) is 0 Å². The lowest BCUT2D eigenvalue weighted by atomic mass is 9.85. The summed E-state index contributed by atoms with van der Waals surface area (Å²) in [6.07, 6.45) is -0.534. The highest BCUT2D eigenvalue weighted by atomic mass is 19.4. The van der Waals surface area contributed by atoms with E-state index in [9.17, 15) is 18.0 Å². The van der Waals surface area contributed by atoms with Crippen molar-refractivity contribution in [3.8, 4) is 0 Å². The number of benzene rings is 1. The van der Waals surface area contributed by atoms with Crippen molar-refractivity contribution in [1.29, 1.82) is 0 Å². The Kier molecular flexibility index (Phi) is 6.03. The number of carbonyl (C=O) groups excluding carboxylic acids is 1. The molecule has 28 heavy (non-hydrogen) atoms. The molecule has 0 spiro atoms. The number of amides is 1. The van der Waals surface area contributed by atoms with Crippen LogP contribution in [0.3, 0.4) is 0 Å². The largest absolute Gasteiger partial charge is 0.392 e. The molecule has 1 aromatic carbocycles. The first-order valence-electron chi connectivity index (χ1n) is 9.24. The highest BCUT2D eigenvalue weighted by molar-refractivity contribution is 5.99. The third-order valence-corrected chi connectivity index (χ3v) is 4.99. The Morgan fingerprint density at radius 2 is 2.18 bits per heavy atom. The minimum atomic E-state index is -4.15. The number of carbonyl (C=O) groups is 1. The fourth-order valence-electron chi connectivity index (χ4n) is 3.52. The number of fused-ring (bicyclic) bond motifs is 1. The molecule has 0 radical (unpaired) electrons. The van der Waals surface area contributed by atoms with Gasteiger partial charge in [-0.05, 0) is 37.8 Å². The standard InChI is InChI=1S/C21H23F3N2O2/c1-13(12-28-2)26-20(27)16-10-15-4-3-5-18(19(15)25-11-16)14-6-8-17(9-7-14)21(22,23)24/h3-6,10-11,13,17H,7-9,12H2,1-2H3,(H,26,27)/t13-,17?/m1/s1. The van der Waals surface area contributed by atoms with Gasteiger partial charge >= 0.3 is 6.18 Å². The number of allylic oxidation sites excluding steroid dienone is 2. The highest BCUT2D eigenvalue weighted by Gasteiger charge is 2.39. The molecule has 1 amide bonds. The van der Waals surface area contributed by atoms with Gasteiger partial charge in [0.25, 0.3) is 5.91 Å². The molecule has 2 atom stereocenters. The summed E-state index contributed by atoms with van der Waals surface area (Å²) in [4.78, 5) is 16.8. The first-order valence-corrected chi connectivity index (χ1v) is 9.24. The van der Waals surface area contributed by atoms with Crippen molar-refractivity contribution in [3.05, 3.63) is 47.7 Å². The molecule has 3 rings (SSSR count). The second-order valence-corrected chi connectivity index (χ2v) is 7.17. The van der Waals surface area contributed by atoms with Gasteiger partial charge < -0.3 is 10.1 Å². The molecule has 0 bridgehead atoms. The van der Waals surface area contributed by atoms with E-state index in [1.807, 2.05) is 25.1 Å². The van der Waals surface area contributed by atoms with Gasteiger partial charge in [-0.25, -0.2) is 0 Å². The Morgan fingerprint density at radius 1 is 1.39 bits per heavy atom. The zero-order chi connectivity index (χ0) is 20.3. The van der Waals surface area contributed by atoms with E-state index in [-0.39, 0.29) is 24.8 Å². The summed E-state index contributed by atoms with van der Waals surface area (Å²) in [5.41, 5.74) is 2.84. The van der Waals surface area contributed by atoms with Gasteiger partial charge in [-0.3, -0.25) is 9.78 Å². The Hall–Kier alpha value is -2.41. The van der Waals surface area contributed by atoms with E-state index in [2.05, 4.69) is 10.3 Å². The van der Waals surface area contributed by atoms with Crippen LogP contribution in [0, 0.1) is 5.92 Å². The van der Waals surface area contributed by atoms with E-state index in [4.69, 9.17) is 4.74 Å². The first kappa shape index (κ1) is 20.3.